The van der Waals surface area contributed by atoms with E-state index in [0.29, 0.717) is 18.2 Å². The Kier molecular flexibility index (Phi) is 4.36. The van der Waals surface area contributed by atoms with Gasteiger partial charge in [-0.1, -0.05) is 32.0 Å². The maximum absolute atomic E-state index is 12.8. The third-order valence-corrected chi connectivity index (χ3v) is 5.61. The molecule has 0 spiro atoms. The van der Waals surface area contributed by atoms with Crippen molar-refractivity contribution in [3.05, 3.63) is 36.5 Å². The minimum absolute atomic E-state index is 0.280. The van der Waals surface area contributed by atoms with Gasteiger partial charge in [-0.25, -0.2) is 0 Å². The van der Waals surface area contributed by atoms with Crippen molar-refractivity contribution >= 4 is 22.5 Å². The highest BCUT2D eigenvalue weighted by Crippen LogP contribution is 2.33. The van der Waals surface area contributed by atoms with Gasteiger partial charge in [0.05, 0.1) is 11.6 Å². The van der Waals surface area contributed by atoms with Crippen LogP contribution in [0.5, 0.6) is 0 Å². The molecule has 1 aliphatic carbocycles. The van der Waals surface area contributed by atoms with Crippen LogP contribution in [0.2, 0.25) is 0 Å². The first kappa shape index (κ1) is 16.4. The SMILES string of the molecule is CC(C)[C@H]1CN(c2ccnc3ccccc23)CCC(=O)N1CC1CC1. The van der Waals surface area contributed by atoms with Gasteiger partial charge in [0.1, 0.15) is 0 Å². The van der Waals surface area contributed by atoms with E-state index in [1.54, 1.807) is 0 Å². The van der Waals surface area contributed by atoms with E-state index in [2.05, 4.69) is 52.9 Å². The van der Waals surface area contributed by atoms with Crippen molar-refractivity contribution in [1.82, 2.24) is 9.88 Å². The molecule has 2 heterocycles. The van der Waals surface area contributed by atoms with Crippen LogP contribution in [0.25, 0.3) is 10.9 Å². The summed E-state index contributed by atoms with van der Waals surface area (Å²) in [5.41, 5.74) is 2.23. The average Bonchev–Trinajstić information content (AvgIpc) is 3.44. The van der Waals surface area contributed by atoms with Crippen LogP contribution >= 0.6 is 0 Å². The standard InChI is InChI=1S/C21H27N3O/c1-15(2)20-14-23(12-10-21(25)24(20)13-16-7-8-16)19-9-11-22-18-6-4-3-5-17(18)19/h3-6,9,11,15-16,20H,7-8,10,12-14H2,1-2H3/t20-/m1/s1. The van der Waals surface area contributed by atoms with Gasteiger partial charge < -0.3 is 9.80 Å². The summed E-state index contributed by atoms with van der Waals surface area (Å²) in [4.78, 5) is 21.9. The number of rotatable bonds is 4. The summed E-state index contributed by atoms with van der Waals surface area (Å²) in [6, 6.07) is 10.7. The monoisotopic (exact) mass is 337 g/mol. The number of carbonyl (C=O) groups is 1. The smallest absolute Gasteiger partial charge is 0.224 e. The molecule has 1 atom stereocenters. The highest BCUT2D eigenvalue weighted by atomic mass is 16.2. The van der Waals surface area contributed by atoms with Crippen molar-refractivity contribution in [2.45, 2.75) is 39.2 Å². The second kappa shape index (κ2) is 6.66. The molecule has 1 saturated carbocycles. The molecular formula is C21H27N3O. The summed E-state index contributed by atoms with van der Waals surface area (Å²) >= 11 is 0. The Balaban J connectivity index is 1.67. The van der Waals surface area contributed by atoms with Crippen molar-refractivity contribution in [2.75, 3.05) is 24.5 Å². The third kappa shape index (κ3) is 3.35. The maximum Gasteiger partial charge on any atom is 0.224 e. The minimum atomic E-state index is 0.280. The molecule has 1 saturated heterocycles. The summed E-state index contributed by atoms with van der Waals surface area (Å²) in [6.45, 7) is 7.13. The molecule has 2 aliphatic rings. The first-order chi connectivity index (χ1) is 12.1. The maximum atomic E-state index is 12.8. The van der Waals surface area contributed by atoms with E-state index in [9.17, 15) is 4.79 Å². The summed E-state index contributed by atoms with van der Waals surface area (Å²) in [7, 11) is 0. The fourth-order valence-electron chi connectivity index (χ4n) is 3.94. The third-order valence-electron chi connectivity index (χ3n) is 5.61. The summed E-state index contributed by atoms with van der Waals surface area (Å²) in [5.74, 6) is 1.52. The van der Waals surface area contributed by atoms with E-state index < -0.39 is 0 Å². The molecule has 0 unspecified atom stereocenters. The highest BCUT2D eigenvalue weighted by molar-refractivity contribution is 5.92. The van der Waals surface area contributed by atoms with Gasteiger partial charge in [-0.05, 0) is 36.8 Å². The molecule has 4 heteroatoms. The lowest BCUT2D eigenvalue weighted by atomic mass is 10.0. The Morgan fingerprint density at radius 1 is 1.20 bits per heavy atom. The summed E-state index contributed by atoms with van der Waals surface area (Å²) < 4.78 is 0. The van der Waals surface area contributed by atoms with E-state index >= 15 is 0 Å². The Morgan fingerprint density at radius 2 is 2.00 bits per heavy atom. The molecule has 0 N–H and O–H groups in total. The van der Waals surface area contributed by atoms with E-state index in [1.165, 1.54) is 23.9 Å². The van der Waals surface area contributed by atoms with E-state index in [0.717, 1.165) is 31.1 Å². The Labute approximate surface area is 149 Å². The van der Waals surface area contributed by atoms with Crippen LogP contribution in [0.15, 0.2) is 36.5 Å². The van der Waals surface area contributed by atoms with Crippen LogP contribution in [0.1, 0.15) is 33.1 Å². The van der Waals surface area contributed by atoms with Gasteiger partial charge >= 0.3 is 0 Å². The number of fused-ring (bicyclic) bond motifs is 1. The molecule has 132 valence electrons. The average molecular weight is 337 g/mol. The lowest BCUT2D eigenvalue weighted by Crippen LogP contribution is -2.47. The van der Waals surface area contributed by atoms with Gasteiger partial charge in [-0.3, -0.25) is 9.78 Å². The van der Waals surface area contributed by atoms with Gasteiger partial charge in [-0.15, -0.1) is 0 Å². The van der Waals surface area contributed by atoms with Crippen LogP contribution < -0.4 is 4.90 Å². The number of para-hydroxylation sites is 1. The molecule has 4 rings (SSSR count). The van der Waals surface area contributed by atoms with E-state index in [-0.39, 0.29) is 6.04 Å². The minimum Gasteiger partial charge on any atom is -0.368 e. The number of anilines is 1. The molecule has 2 aromatic rings. The first-order valence-electron chi connectivity index (χ1n) is 9.51. The van der Waals surface area contributed by atoms with Crippen LogP contribution in [0.3, 0.4) is 0 Å². The van der Waals surface area contributed by atoms with Crippen LogP contribution in [0, 0.1) is 11.8 Å². The van der Waals surface area contributed by atoms with E-state index in [1.807, 2.05) is 12.3 Å². The molecule has 1 aliphatic heterocycles. The van der Waals surface area contributed by atoms with Crippen LogP contribution in [-0.2, 0) is 4.79 Å². The zero-order valence-electron chi connectivity index (χ0n) is 15.2. The number of amides is 1. The zero-order chi connectivity index (χ0) is 17.4. The molecular weight excluding hydrogens is 310 g/mol. The Morgan fingerprint density at radius 3 is 2.76 bits per heavy atom. The highest BCUT2D eigenvalue weighted by Gasteiger charge is 2.35. The van der Waals surface area contributed by atoms with Crippen molar-refractivity contribution < 1.29 is 4.79 Å². The molecule has 0 bridgehead atoms. The molecule has 0 radical (unpaired) electrons. The fraction of sp³-hybridized carbons (Fsp3) is 0.524. The topological polar surface area (TPSA) is 36.4 Å². The predicted octanol–water partition coefficient (Wildman–Crippen LogP) is 3.71. The van der Waals surface area contributed by atoms with E-state index in [4.69, 9.17) is 0 Å². The first-order valence-corrected chi connectivity index (χ1v) is 9.51. The zero-order valence-corrected chi connectivity index (χ0v) is 15.2. The Hall–Kier alpha value is -2.10. The lowest BCUT2D eigenvalue weighted by molar-refractivity contribution is -0.133. The summed E-state index contributed by atoms with van der Waals surface area (Å²) in [5, 5.41) is 1.18. The number of hydrogen-bond acceptors (Lipinski definition) is 3. The second-order valence-corrected chi connectivity index (χ2v) is 7.84. The molecule has 1 amide bonds. The normalized spacial score (nSPS) is 21.9. The summed E-state index contributed by atoms with van der Waals surface area (Å²) in [6.07, 6.45) is 5.06. The van der Waals surface area contributed by atoms with Crippen molar-refractivity contribution in [1.29, 1.82) is 0 Å². The van der Waals surface area contributed by atoms with Gasteiger partial charge in [0.15, 0.2) is 0 Å². The Bertz CT molecular complexity index is 763. The molecule has 1 aromatic heterocycles. The number of nitrogens with zero attached hydrogens (tertiary/aromatic N) is 3. The van der Waals surface area contributed by atoms with Gasteiger partial charge in [0, 0.05) is 43.3 Å². The number of carbonyl (C=O) groups excluding carboxylic acids is 1. The van der Waals surface area contributed by atoms with Crippen LogP contribution in [0.4, 0.5) is 5.69 Å². The second-order valence-electron chi connectivity index (χ2n) is 7.84. The lowest BCUT2D eigenvalue weighted by Gasteiger charge is -2.35. The molecule has 1 aromatic carbocycles. The molecule has 25 heavy (non-hydrogen) atoms. The van der Waals surface area contributed by atoms with Crippen molar-refractivity contribution in [3.63, 3.8) is 0 Å². The largest absolute Gasteiger partial charge is 0.368 e. The van der Waals surface area contributed by atoms with Crippen molar-refractivity contribution in [2.24, 2.45) is 11.8 Å². The van der Waals surface area contributed by atoms with Crippen LogP contribution in [-0.4, -0.2) is 41.5 Å². The van der Waals surface area contributed by atoms with Gasteiger partial charge in [-0.2, -0.15) is 0 Å². The number of benzene rings is 1. The van der Waals surface area contributed by atoms with Gasteiger partial charge in [0.25, 0.3) is 0 Å². The number of aromatic nitrogens is 1. The molecule has 4 nitrogen and oxygen atoms in total. The van der Waals surface area contributed by atoms with Crippen molar-refractivity contribution in [3.8, 4) is 0 Å². The molecule has 2 fully saturated rings. The quantitative estimate of drug-likeness (QED) is 0.853. The fourth-order valence-corrected chi connectivity index (χ4v) is 3.94. The predicted molar refractivity (Wildman–Crippen MR) is 102 cm³/mol. The van der Waals surface area contributed by atoms with Gasteiger partial charge in [0.2, 0.25) is 5.91 Å². The number of pyridine rings is 1. The number of hydrogen-bond donors (Lipinski definition) is 0.